The van der Waals surface area contributed by atoms with Gasteiger partial charge in [-0.05, 0) is 49.2 Å². The predicted molar refractivity (Wildman–Crippen MR) is 138 cm³/mol. The molecular formula is C26H21BrN2O5S. The highest BCUT2D eigenvalue weighted by Gasteiger charge is 2.45. The van der Waals surface area contributed by atoms with Gasteiger partial charge in [-0.15, -0.1) is 0 Å². The Bertz CT molecular complexity index is 1540. The number of carbonyl (C=O) groups is 2. The van der Waals surface area contributed by atoms with Gasteiger partial charge in [0.05, 0.1) is 34.2 Å². The van der Waals surface area contributed by atoms with Crippen molar-refractivity contribution in [2.24, 2.45) is 0 Å². The molecule has 0 spiro atoms. The molecule has 178 valence electrons. The molecule has 0 radical (unpaired) electrons. The van der Waals surface area contributed by atoms with Crippen LogP contribution in [0.4, 0.5) is 5.13 Å². The molecule has 2 aromatic carbocycles. The number of benzene rings is 2. The summed E-state index contributed by atoms with van der Waals surface area (Å²) in [6.45, 7) is 5.81. The van der Waals surface area contributed by atoms with Crippen LogP contribution in [-0.4, -0.2) is 23.3 Å². The molecule has 0 N–H and O–H groups in total. The number of fused-ring (bicyclic) bond motifs is 2. The number of anilines is 1. The van der Waals surface area contributed by atoms with Crippen molar-refractivity contribution in [2.45, 2.75) is 33.2 Å². The number of rotatable bonds is 6. The summed E-state index contributed by atoms with van der Waals surface area (Å²) in [5, 5.41) is 0.713. The van der Waals surface area contributed by atoms with Crippen LogP contribution < -0.4 is 15.1 Å². The number of ketones is 1. The van der Waals surface area contributed by atoms with Crippen molar-refractivity contribution in [3.63, 3.8) is 0 Å². The first kappa shape index (κ1) is 23.4. The fourth-order valence-corrected chi connectivity index (χ4v) is 5.59. The van der Waals surface area contributed by atoms with Gasteiger partial charge in [-0.2, -0.15) is 0 Å². The van der Waals surface area contributed by atoms with Gasteiger partial charge in [0.15, 0.2) is 16.3 Å². The number of hydrogen-bond acceptors (Lipinski definition) is 7. The number of amides is 1. The Morgan fingerprint density at radius 3 is 2.60 bits per heavy atom. The van der Waals surface area contributed by atoms with Crippen molar-refractivity contribution in [3.8, 4) is 5.75 Å². The van der Waals surface area contributed by atoms with Crippen LogP contribution >= 0.6 is 27.3 Å². The lowest BCUT2D eigenvalue weighted by molar-refractivity contribution is 0.0969. The molecule has 3 heterocycles. The van der Waals surface area contributed by atoms with Crippen LogP contribution in [0, 0.1) is 6.92 Å². The Morgan fingerprint density at radius 1 is 1.20 bits per heavy atom. The predicted octanol–water partition coefficient (Wildman–Crippen LogP) is 6.06. The molecule has 0 saturated carbocycles. The van der Waals surface area contributed by atoms with Gasteiger partial charge in [0, 0.05) is 11.4 Å². The monoisotopic (exact) mass is 552 g/mol. The van der Waals surface area contributed by atoms with Crippen LogP contribution in [0.25, 0.3) is 11.0 Å². The summed E-state index contributed by atoms with van der Waals surface area (Å²) in [5.41, 5.74) is 1.54. The molecule has 1 unspecified atom stereocenters. The van der Waals surface area contributed by atoms with E-state index in [1.165, 1.54) is 11.8 Å². The van der Waals surface area contributed by atoms with E-state index in [0.717, 1.165) is 22.2 Å². The molecular weight excluding hydrogens is 532 g/mol. The van der Waals surface area contributed by atoms with Crippen molar-refractivity contribution in [1.29, 1.82) is 0 Å². The van der Waals surface area contributed by atoms with Crippen molar-refractivity contribution in [1.82, 2.24) is 4.98 Å². The third kappa shape index (κ3) is 3.98. The fraction of sp³-hybridized carbons (Fsp3) is 0.231. The van der Waals surface area contributed by atoms with Crippen LogP contribution in [0.3, 0.4) is 0 Å². The standard InChI is InChI=1S/C26H21BrN2O5S/c1-4-11-33-17-8-5-15(6-9-17)21-20-22(31)18-12-16(27)7-10-19(18)34-23(20)25(32)29(21)26-28-13(2)24(35-26)14(3)30/h5-10,12,21H,4,11H2,1-3H3. The summed E-state index contributed by atoms with van der Waals surface area (Å²) >= 11 is 4.54. The quantitative estimate of drug-likeness (QED) is 0.270. The Hall–Kier alpha value is -3.30. The maximum Gasteiger partial charge on any atom is 0.297 e. The second-order valence-electron chi connectivity index (χ2n) is 8.28. The summed E-state index contributed by atoms with van der Waals surface area (Å²) in [5.74, 6) is 0.0831. The number of ether oxygens (including phenoxy) is 1. The number of Topliss-reactive ketones (excluding diaryl/α,β-unsaturated/α-hetero) is 1. The van der Waals surface area contributed by atoms with Crippen LogP contribution in [-0.2, 0) is 0 Å². The first-order valence-electron chi connectivity index (χ1n) is 11.1. The molecule has 0 bridgehead atoms. The van der Waals surface area contributed by atoms with E-state index in [0.29, 0.717) is 44.6 Å². The molecule has 1 amide bonds. The van der Waals surface area contributed by atoms with E-state index < -0.39 is 11.9 Å². The van der Waals surface area contributed by atoms with E-state index in [1.807, 2.05) is 31.2 Å². The van der Waals surface area contributed by atoms with Gasteiger partial charge in [0.1, 0.15) is 11.3 Å². The topological polar surface area (TPSA) is 89.7 Å². The number of halogens is 1. The molecule has 7 nitrogen and oxygen atoms in total. The second-order valence-corrected chi connectivity index (χ2v) is 10.2. The van der Waals surface area contributed by atoms with Crippen LogP contribution in [0.15, 0.2) is 56.1 Å². The minimum Gasteiger partial charge on any atom is -0.494 e. The molecule has 1 aliphatic rings. The maximum atomic E-state index is 13.7. The minimum absolute atomic E-state index is 0.0154. The molecule has 0 fully saturated rings. The Morgan fingerprint density at radius 2 is 1.94 bits per heavy atom. The molecule has 0 aliphatic carbocycles. The lowest BCUT2D eigenvalue weighted by atomic mass is 9.98. The van der Waals surface area contributed by atoms with E-state index in [4.69, 9.17) is 9.15 Å². The lowest BCUT2D eigenvalue weighted by Gasteiger charge is -2.22. The summed E-state index contributed by atoms with van der Waals surface area (Å²) in [7, 11) is 0. The number of thiazole rings is 1. The summed E-state index contributed by atoms with van der Waals surface area (Å²) < 4.78 is 12.4. The largest absolute Gasteiger partial charge is 0.494 e. The first-order chi connectivity index (χ1) is 16.8. The van der Waals surface area contributed by atoms with Gasteiger partial charge in [0.2, 0.25) is 5.76 Å². The Labute approximate surface area is 213 Å². The van der Waals surface area contributed by atoms with Crippen LogP contribution in [0.2, 0.25) is 0 Å². The molecule has 5 rings (SSSR count). The molecule has 1 atom stereocenters. The average Bonchev–Trinajstić information content (AvgIpc) is 3.36. The van der Waals surface area contributed by atoms with Crippen LogP contribution in [0.1, 0.15) is 63.4 Å². The van der Waals surface area contributed by atoms with Crippen molar-refractivity contribution in [3.05, 3.63) is 84.6 Å². The van der Waals surface area contributed by atoms with Crippen LogP contribution in [0.5, 0.6) is 5.75 Å². The molecule has 0 saturated heterocycles. The van der Waals surface area contributed by atoms with E-state index in [2.05, 4.69) is 20.9 Å². The zero-order chi connectivity index (χ0) is 24.9. The SMILES string of the molecule is CCCOc1ccc(C2c3c(oc4ccc(Br)cc4c3=O)C(=O)N2c2nc(C)c(C(C)=O)s2)cc1. The smallest absolute Gasteiger partial charge is 0.297 e. The van der Waals surface area contributed by atoms with Crippen molar-refractivity contribution >= 4 is 55.1 Å². The number of nitrogens with zero attached hydrogens (tertiary/aromatic N) is 2. The Kier molecular flexibility index (Phi) is 6.06. The minimum atomic E-state index is -0.761. The molecule has 1 aliphatic heterocycles. The highest BCUT2D eigenvalue weighted by Crippen LogP contribution is 2.43. The lowest BCUT2D eigenvalue weighted by Crippen LogP contribution is -2.29. The van der Waals surface area contributed by atoms with E-state index in [1.54, 1.807) is 25.1 Å². The third-order valence-electron chi connectivity index (χ3n) is 5.81. The zero-order valence-electron chi connectivity index (χ0n) is 19.3. The van der Waals surface area contributed by atoms with Gasteiger partial charge in [-0.3, -0.25) is 19.3 Å². The van der Waals surface area contributed by atoms with Crippen molar-refractivity contribution < 1.29 is 18.7 Å². The molecule has 2 aromatic heterocycles. The number of aryl methyl sites for hydroxylation is 1. The number of hydrogen-bond donors (Lipinski definition) is 0. The van der Waals surface area contributed by atoms with E-state index >= 15 is 0 Å². The van der Waals surface area contributed by atoms with Gasteiger partial charge in [-0.25, -0.2) is 4.98 Å². The van der Waals surface area contributed by atoms with Gasteiger partial charge >= 0.3 is 0 Å². The summed E-state index contributed by atoms with van der Waals surface area (Å²) in [4.78, 5) is 45.9. The second kappa shape index (κ2) is 9.05. The van der Waals surface area contributed by atoms with Gasteiger partial charge < -0.3 is 9.15 Å². The third-order valence-corrected chi connectivity index (χ3v) is 7.56. The maximum absolute atomic E-state index is 13.7. The summed E-state index contributed by atoms with van der Waals surface area (Å²) in [6.07, 6.45) is 0.881. The van der Waals surface area contributed by atoms with Gasteiger partial charge in [0.25, 0.3) is 5.91 Å². The number of carbonyl (C=O) groups excluding carboxylic acids is 2. The summed E-state index contributed by atoms with van der Waals surface area (Å²) in [6, 6.07) is 11.6. The van der Waals surface area contributed by atoms with Gasteiger partial charge in [-0.1, -0.05) is 46.3 Å². The fourth-order valence-electron chi connectivity index (χ4n) is 4.24. The highest BCUT2D eigenvalue weighted by atomic mass is 79.9. The normalized spacial score (nSPS) is 15.0. The first-order valence-corrected chi connectivity index (χ1v) is 12.7. The van der Waals surface area contributed by atoms with E-state index in [9.17, 15) is 14.4 Å². The molecule has 9 heteroatoms. The molecule has 35 heavy (non-hydrogen) atoms. The highest BCUT2D eigenvalue weighted by molar-refractivity contribution is 9.10. The Balaban J connectivity index is 1.73. The number of aromatic nitrogens is 1. The molecule has 4 aromatic rings. The van der Waals surface area contributed by atoms with Crippen molar-refractivity contribution in [2.75, 3.05) is 11.5 Å². The van der Waals surface area contributed by atoms with E-state index in [-0.39, 0.29) is 22.5 Å². The average molecular weight is 553 g/mol. The zero-order valence-corrected chi connectivity index (χ0v) is 21.7.